The molecule has 0 saturated carbocycles. The largest absolute Gasteiger partial charge is 0.504 e. The predicted octanol–water partition coefficient (Wildman–Crippen LogP) is -0.708. The zero-order valence-electron chi connectivity index (χ0n) is 9.84. The number of rotatable bonds is 0. The highest BCUT2D eigenvalue weighted by Gasteiger charge is 2.19. The summed E-state index contributed by atoms with van der Waals surface area (Å²) in [5, 5.41) is 17.8. The Morgan fingerprint density at radius 2 is 1.10 bits per heavy atom. The van der Waals surface area contributed by atoms with E-state index in [-0.39, 0.29) is 10.8 Å². The Hall–Kier alpha value is -3.02. The van der Waals surface area contributed by atoms with Crippen molar-refractivity contribution in [2.75, 3.05) is 0 Å². The van der Waals surface area contributed by atoms with Gasteiger partial charge in [0.25, 0.3) is 5.43 Å². The Morgan fingerprint density at radius 1 is 0.600 bits per heavy atom. The van der Waals surface area contributed by atoms with Gasteiger partial charge < -0.3 is 10.2 Å². The molecule has 3 rings (SSSR count). The molecule has 0 saturated heterocycles. The molecule has 0 bridgehead atoms. The van der Waals surface area contributed by atoms with Gasteiger partial charge in [0, 0.05) is 10.8 Å². The van der Waals surface area contributed by atoms with Gasteiger partial charge >= 0.3 is 0 Å². The van der Waals surface area contributed by atoms with Crippen LogP contribution in [0.15, 0.2) is 43.4 Å². The van der Waals surface area contributed by atoms with Crippen LogP contribution in [0.4, 0.5) is 0 Å². The monoisotopic (exact) mass is 270 g/mol. The minimum Gasteiger partial charge on any atom is -0.504 e. The number of aromatic hydroxyl groups is 2. The van der Waals surface area contributed by atoms with Crippen LogP contribution in [-0.4, -0.2) is 10.2 Å². The van der Waals surface area contributed by atoms with Gasteiger partial charge in [0.1, 0.15) is 0 Å². The van der Waals surface area contributed by atoms with E-state index < -0.39 is 43.7 Å². The van der Waals surface area contributed by atoms with Crippen LogP contribution in [0.2, 0.25) is 0 Å². The molecule has 6 nitrogen and oxygen atoms in total. The Morgan fingerprint density at radius 3 is 1.65 bits per heavy atom. The van der Waals surface area contributed by atoms with Crippen molar-refractivity contribution in [1.29, 1.82) is 0 Å². The van der Waals surface area contributed by atoms with E-state index in [1.165, 1.54) is 24.3 Å². The van der Waals surface area contributed by atoms with Gasteiger partial charge in [-0.05, 0) is 0 Å². The van der Waals surface area contributed by atoms with Crippen molar-refractivity contribution in [3.63, 3.8) is 0 Å². The molecule has 2 aliphatic rings. The van der Waals surface area contributed by atoms with Crippen molar-refractivity contribution in [2.45, 2.75) is 0 Å². The molecule has 0 radical (unpaired) electrons. The van der Waals surface area contributed by atoms with E-state index in [9.17, 15) is 29.4 Å². The summed E-state index contributed by atoms with van der Waals surface area (Å²) < 4.78 is 0. The second-order valence-electron chi connectivity index (χ2n) is 4.31. The molecular formula is C14H6O6. The summed E-state index contributed by atoms with van der Waals surface area (Å²) >= 11 is 0. The lowest BCUT2D eigenvalue weighted by Gasteiger charge is -2.00. The normalized spacial score (nSPS) is 11.2. The van der Waals surface area contributed by atoms with Crippen molar-refractivity contribution in [1.82, 2.24) is 0 Å². The summed E-state index contributed by atoms with van der Waals surface area (Å²) in [6, 6.07) is 5.75. The molecular weight excluding hydrogens is 264 g/mol. The van der Waals surface area contributed by atoms with Gasteiger partial charge in [-0.2, -0.15) is 0 Å². The van der Waals surface area contributed by atoms with Crippen LogP contribution in [-0.2, 0) is 0 Å². The lowest BCUT2D eigenvalue weighted by Crippen LogP contribution is -2.32. The highest BCUT2D eigenvalue weighted by atomic mass is 16.3. The van der Waals surface area contributed by atoms with Crippen LogP contribution < -0.4 is 21.7 Å². The van der Waals surface area contributed by atoms with E-state index in [0.717, 1.165) is 0 Å². The fourth-order valence-corrected chi connectivity index (χ4v) is 2.27. The number of hydrogen-bond donors (Lipinski definition) is 2. The topological polar surface area (TPSA) is 109 Å². The Kier molecular flexibility index (Phi) is 2.25. The fourth-order valence-electron chi connectivity index (χ4n) is 2.27. The van der Waals surface area contributed by atoms with Crippen LogP contribution in [0.3, 0.4) is 0 Å². The zero-order chi connectivity index (χ0) is 14.6. The van der Waals surface area contributed by atoms with E-state index in [2.05, 4.69) is 0 Å². The van der Waals surface area contributed by atoms with Gasteiger partial charge in [0.2, 0.25) is 11.2 Å². The van der Waals surface area contributed by atoms with Gasteiger partial charge in [-0.3, -0.25) is 19.2 Å². The molecule has 98 valence electrons. The van der Waals surface area contributed by atoms with E-state index in [0.29, 0.717) is 0 Å². The molecule has 1 aromatic carbocycles. The minimum absolute atomic E-state index is 0.00779. The smallest absolute Gasteiger partial charge is 0.271 e. The second-order valence-corrected chi connectivity index (χ2v) is 4.31. The Balaban J connectivity index is 3.00. The maximum absolute atomic E-state index is 12.2. The highest BCUT2D eigenvalue weighted by Crippen LogP contribution is 2.19. The van der Waals surface area contributed by atoms with Crippen molar-refractivity contribution < 1.29 is 10.2 Å². The first-order chi connectivity index (χ1) is 9.45. The highest BCUT2D eigenvalue weighted by molar-refractivity contribution is 5.82. The maximum Gasteiger partial charge on any atom is 0.271 e. The summed E-state index contributed by atoms with van der Waals surface area (Å²) in [7, 11) is 0. The van der Waals surface area contributed by atoms with Gasteiger partial charge in [0.05, 0.1) is 10.4 Å². The Labute approximate surface area is 109 Å². The SMILES string of the molecule is O=c1c(O)c(O)c2c(=O)c3ccccc3c(=O)c=2c1=O. The first kappa shape index (κ1) is 12.0. The van der Waals surface area contributed by atoms with Gasteiger partial charge in [-0.15, -0.1) is 0 Å². The van der Waals surface area contributed by atoms with Crippen molar-refractivity contribution in [3.8, 4) is 11.5 Å². The lowest BCUT2D eigenvalue weighted by molar-refractivity contribution is 0.396. The number of hydrogen-bond acceptors (Lipinski definition) is 6. The summed E-state index contributed by atoms with van der Waals surface area (Å²) in [5.41, 5.74) is -4.28. The Bertz CT molecular complexity index is 1140. The lowest BCUT2D eigenvalue weighted by atomic mass is 10.0. The fraction of sp³-hybridized carbons (Fsp3) is 0. The van der Waals surface area contributed by atoms with Crippen LogP contribution in [0.25, 0.3) is 10.8 Å². The van der Waals surface area contributed by atoms with Gasteiger partial charge in [0.15, 0.2) is 16.6 Å². The molecule has 2 N–H and O–H groups in total. The standard InChI is InChI=1S/C14H6O6/c15-9-5-3-1-2-4-6(5)10(16)8-7(9)11(17)13(19)14(20)12(8)18/h1-4,17,19H. The number of fused-ring (bicyclic) bond motifs is 1. The quantitative estimate of drug-likeness (QED) is 0.522. The maximum atomic E-state index is 12.2. The van der Waals surface area contributed by atoms with Gasteiger partial charge in [-0.1, -0.05) is 24.3 Å². The number of benzene rings is 1. The minimum atomic E-state index is -1.40. The van der Waals surface area contributed by atoms with E-state index in [4.69, 9.17) is 0 Å². The first-order valence-corrected chi connectivity index (χ1v) is 5.59. The van der Waals surface area contributed by atoms with Crippen LogP contribution in [0, 0.1) is 10.4 Å². The summed E-state index contributed by atoms with van der Waals surface area (Å²) in [5.74, 6) is -2.24. The van der Waals surface area contributed by atoms with Crippen LogP contribution >= 0.6 is 0 Å². The molecule has 0 atom stereocenters. The van der Waals surface area contributed by atoms with Crippen molar-refractivity contribution in [3.05, 3.63) is 75.6 Å². The molecule has 0 amide bonds. The van der Waals surface area contributed by atoms with E-state index in [1.54, 1.807) is 0 Å². The van der Waals surface area contributed by atoms with E-state index >= 15 is 0 Å². The zero-order valence-corrected chi connectivity index (χ0v) is 9.84. The van der Waals surface area contributed by atoms with Gasteiger partial charge in [-0.25, -0.2) is 0 Å². The molecule has 0 heterocycles. The molecule has 0 aromatic heterocycles. The van der Waals surface area contributed by atoms with E-state index in [1.807, 2.05) is 0 Å². The molecule has 20 heavy (non-hydrogen) atoms. The molecule has 0 unspecified atom stereocenters. The first-order valence-electron chi connectivity index (χ1n) is 5.59. The van der Waals surface area contributed by atoms with Crippen molar-refractivity contribution in [2.24, 2.45) is 0 Å². The van der Waals surface area contributed by atoms with Crippen LogP contribution in [0.5, 0.6) is 11.5 Å². The second kappa shape index (κ2) is 3.74. The van der Waals surface area contributed by atoms with Crippen LogP contribution in [0.1, 0.15) is 0 Å². The van der Waals surface area contributed by atoms with Crippen molar-refractivity contribution >= 4 is 10.8 Å². The molecule has 0 fully saturated rings. The molecule has 2 aliphatic carbocycles. The molecule has 1 aromatic rings. The third kappa shape index (κ3) is 1.27. The average Bonchev–Trinajstić information content (AvgIpc) is 2.46. The summed E-state index contributed by atoms with van der Waals surface area (Å²) in [6.07, 6.45) is 0. The molecule has 6 heteroatoms. The molecule has 0 spiro atoms. The predicted molar refractivity (Wildman–Crippen MR) is 70.0 cm³/mol. The molecule has 0 aliphatic heterocycles. The average molecular weight is 270 g/mol. The summed E-state index contributed by atoms with van der Waals surface area (Å²) in [6.45, 7) is 0. The third-order valence-corrected chi connectivity index (χ3v) is 3.23. The summed E-state index contributed by atoms with van der Waals surface area (Å²) in [4.78, 5) is 47.7. The third-order valence-electron chi connectivity index (χ3n) is 3.23.